The van der Waals surface area contributed by atoms with Crippen molar-refractivity contribution in [2.75, 3.05) is 36.4 Å². The molecular weight excluding hydrogens is 286 g/mol. The van der Waals surface area contributed by atoms with Gasteiger partial charge in [-0.3, -0.25) is 4.79 Å². The summed E-state index contributed by atoms with van der Waals surface area (Å²) in [4.78, 5) is 20.4. The molecule has 6 nitrogen and oxygen atoms in total. The molecule has 1 atom stereocenters. The Morgan fingerprint density at radius 2 is 2.19 bits per heavy atom. The molecule has 2 saturated heterocycles. The van der Waals surface area contributed by atoms with Gasteiger partial charge in [0, 0.05) is 26.2 Å². The summed E-state index contributed by atoms with van der Waals surface area (Å²) in [6, 6.07) is 0. The van der Waals surface area contributed by atoms with E-state index in [9.17, 15) is 4.79 Å². The molecule has 1 N–H and O–H groups in total. The van der Waals surface area contributed by atoms with Crippen LogP contribution in [0.15, 0.2) is 6.20 Å². The standard InChI is InChI=1S/C14H19N5OS/c15-10-18-7-4-11(9-18)13(20)17-14-16-8-12(21-14)19-5-2-1-3-6-19/h8,11H,1-7,9H2,(H,16,17,20)/t11-/m0/s1. The van der Waals surface area contributed by atoms with Crippen LogP contribution in [0.25, 0.3) is 0 Å². The maximum atomic E-state index is 12.2. The van der Waals surface area contributed by atoms with E-state index in [1.165, 1.54) is 30.6 Å². The van der Waals surface area contributed by atoms with Crippen molar-refractivity contribution in [2.24, 2.45) is 5.92 Å². The second-order valence-corrected chi connectivity index (χ2v) is 6.58. The first kappa shape index (κ1) is 14.1. The Kier molecular flexibility index (Phi) is 4.25. The van der Waals surface area contributed by atoms with E-state index in [1.54, 1.807) is 4.90 Å². The van der Waals surface area contributed by atoms with Gasteiger partial charge in [0.05, 0.1) is 12.1 Å². The topological polar surface area (TPSA) is 72.3 Å². The molecule has 1 aromatic rings. The number of carbonyl (C=O) groups excluding carboxylic acids is 1. The molecule has 3 heterocycles. The number of rotatable bonds is 3. The van der Waals surface area contributed by atoms with E-state index in [0.29, 0.717) is 18.2 Å². The summed E-state index contributed by atoms with van der Waals surface area (Å²) in [5, 5.41) is 13.5. The van der Waals surface area contributed by atoms with Crippen molar-refractivity contribution in [3.63, 3.8) is 0 Å². The van der Waals surface area contributed by atoms with Crippen molar-refractivity contribution in [1.82, 2.24) is 9.88 Å². The van der Waals surface area contributed by atoms with Gasteiger partial charge in [-0.15, -0.1) is 0 Å². The number of nitrogens with one attached hydrogen (secondary N) is 1. The molecule has 2 aliphatic rings. The van der Waals surface area contributed by atoms with Crippen LogP contribution in [0, 0.1) is 17.4 Å². The summed E-state index contributed by atoms with van der Waals surface area (Å²) in [7, 11) is 0. The van der Waals surface area contributed by atoms with Crippen molar-refractivity contribution >= 4 is 27.4 Å². The minimum atomic E-state index is -0.105. The number of anilines is 2. The smallest absolute Gasteiger partial charge is 0.231 e. The van der Waals surface area contributed by atoms with Gasteiger partial charge >= 0.3 is 0 Å². The van der Waals surface area contributed by atoms with Gasteiger partial charge in [0.2, 0.25) is 5.91 Å². The van der Waals surface area contributed by atoms with E-state index in [1.807, 2.05) is 6.20 Å². The van der Waals surface area contributed by atoms with E-state index in [0.717, 1.165) is 24.5 Å². The zero-order valence-electron chi connectivity index (χ0n) is 11.9. The average Bonchev–Trinajstić information content (AvgIpc) is 3.17. The Morgan fingerprint density at radius 3 is 2.90 bits per heavy atom. The monoisotopic (exact) mass is 305 g/mol. The lowest BCUT2D eigenvalue weighted by molar-refractivity contribution is -0.119. The highest BCUT2D eigenvalue weighted by Gasteiger charge is 2.28. The summed E-state index contributed by atoms with van der Waals surface area (Å²) in [6.07, 6.45) is 8.44. The Bertz CT molecular complexity index is 546. The average molecular weight is 305 g/mol. The van der Waals surface area contributed by atoms with Gasteiger partial charge in [-0.2, -0.15) is 5.26 Å². The fraction of sp³-hybridized carbons (Fsp3) is 0.643. The molecule has 0 aliphatic carbocycles. The second-order valence-electron chi connectivity index (χ2n) is 5.57. The van der Waals surface area contributed by atoms with Crippen LogP contribution >= 0.6 is 11.3 Å². The maximum absolute atomic E-state index is 12.2. The molecule has 3 rings (SSSR count). The summed E-state index contributed by atoms with van der Waals surface area (Å²) in [6.45, 7) is 3.35. The lowest BCUT2D eigenvalue weighted by Crippen LogP contribution is -2.28. The van der Waals surface area contributed by atoms with E-state index in [2.05, 4.69) is 21.4 Å². The molecule has 112 valence electrons. The summed E-state index contributed by atoms with van der Waals surface area (Å²) in [5.74, 6) is -0.126. The first-order valence-electron chi connectivity index (χ1n) is 7.42. The van der Waals surface area contributed by atoms with E-state index in [4.69, 9.17) is 5.26 Å². The van der Waals surface area contributed by atoms with E-state index >= 15 is 0 Å². The number of aromatic nitrogens is 1. The Balaban J connectivity index is 1.57. The van der Waals surface area contributed by atoms with Gasteiger partial charge in [-0.1, -0.05) is 11.3 Å². The highest BCUT2D eigenvalue weighted by molar-refractivity contribution is 7.19. The fourth-order valence-electron chi connectivity index (χ4n) is 2.86. The second kappa shape index (κ2) is 6.31. The van der Waals surface area contributed by atoms with Crippen LogP contribution in [0.4, 0.5) is 10.1 Å². The third kappa shape index (κ3) is 3.27. The number of nitriles is 1. The van der Waals surface area contributed by atoms with Crippen molar-refractivity contribution in [3.8, 4) is 6.19 Å². The predicted octanol–water partition coefficient (Wildman–Crippen LogP) is 1.87. The molecule has 0 radical (unpaired) electrons. The number of nitrogens with zero attached hydrogens (tertiary/aromatic N) is 4. The molecule has 1 aromatic heterocycles. The van der Waals surface area contributed by atoms with Crippen LogP contribution in [-0.2, 0) is 4.79 Å². The maximum Gasteiger partial charge on any atom is 0.231 e. The van der Waals surface area contributed by atoms with Gasteiger partial charge in [-0.05, 0) is 25.7 Å². The van der Waals surface area contributed by atoms with Gasteiger partial charge in [0.1, 0.15) is 5.00 Å². The number of hydrogen-bond acceptors (Lipinski definition) is 6. The van der Waals surface area contributed by atoms with Crippen LogP contribution in [0.5, 0.6) is 0 Å². The molecule has 21 heavy (non-hydrogen) atoms. The fourth-order valence-corrected chi connectivity index (χ4v) is 3.73. The lowest BCUT2D eigenvalue weighted by Gasteiger charge is -2.26. The first-order chi connectivity index (χ1) is 10.3. The van der Waals surface area contributed by atoms with Gasteiger partial charge in [-0.25, -0.2) is 4.98 Å². The highest BCUT2D eigenvalue weighted by atomic mass is 32.1. The van der Waals surface area contributed by atoms with Gasteiger partial charge in [0.15, 0.2) is 11.3 Å². The van der Waals surface area contributed by atoms with Crippen molar-refractivity contribution in [3.05, 3.63) is 6.20 Å². The minimum absolute atomic E-state index is 0.0210. The number of piperidine rings is 1. The number of amides is 1. The quantitative estimate of drug-likeness (QED) is 0.863. The number of likely N-dealkylation sites (tertiary alicyclic amines) is 1. The summed E-state index contributed by atoms with van der Waals surface area (Å²) >= 11 is 1.54. The van der Waals surface area contributed by atoms with Crippen LogP contribution in [0.2, 0.25) is 0 Å². The molecule has 0 spiro atoms. The third-order valence-corrected chi connectivity index (χ3v) is 5.07. The normalized spacial score (nSPS) is 22.1. The molecule has 0 bridgehead atoms. The number of thiazole rings is 1. The van der Waals surface area contributed by atoms with Gasteiger partial charge in [0.25, 0.3) is 0 Å². The van der Waals surface area contributed by atoms with Gasteiger partial charge < -0.3 is 15.1 Å². The molecule has 2 aliphatic heterocycles. The predicted molar refractivity (Wildman–Crippen MR) is 82.1 cm³/mol. The zero-order valence-corrected chi connectivity index (χ0v) is 12.7. The molecule has 2 fully saturated rings. The SMILES string of the molecule is N#CN1CC[C@H](C(=O)Nc2ncc(N3CCCCC3)s2)C1. The molecule has 0 saturated carbocycles. The molecule has 0 aromatic carbocycles. The largest absolute Gasteiger partial charge is 0.362 e. The van der Waals surface area contributed by atoms with Crippen molar-refractivity contribution < 1.29 is 4.79 Å². The molecular formula is C14H19N5OS. The van der Waals surface area contributed by atoms with Crippen LogP contribution in [0.3, 0.4) is 0 Å². The zero-order chi connectivity index (χ0) is 14.7. The van der Waals surface area contributed by atoms with E-state index < -0.39 is 0 Å². The minimum Gasteiger partial charge on any atom is -0.362 e. The Morgan fingerprint density at radius 1 is 1.38 bits per heavy atom. The van der Waals surface area contributed by atoms with Crippen LogP contribution < -0.4 is 10.2 Å². The third-order valence-electron chi connectivity index (χ3n) is 4.09. The van der Waals surface area contributed by atoms with Crippen LogP contribution in [0.1, 0.15) is 25.7 Å². The summed E-state index contributed by atoms with van der Waals surface area (Å²) in [5.41, 5.74) is 0. The molecule has 1 amide bonds. The van der Waals surface area contributed by atoms with Crippen LogP contribution in [-0.4, -0.2) is 42.0 Å². The van der Waals surface area contributed by atoms with E-state index in [-0.39, 0.29) is 11.8 Å². The Hall–Kier alpha value is -1.81. The number of hydrogen-bond donors (Lipinski definition) is 1. The molecule has 7 heteroatoms. The van der Waals surface area contributed by atoms with Crippen molar-refractivity contribution in [1.29, 1.82) is 5.26 Å². The summed E-state index contributed by atoms with van der Waals surface area (Å²) < 4.78 is 0. The highest BCUT2D eigenvalue weighted by Crippen LogP contribution is 2.30. The Labute approximate surface area is 128 Å². The number of carbonyl (C=O) groups is 1. The first-order valence-corrected chi connectivity index (χ1v) is 8.24. The van der Waals surface area contributed by atoms with Crippen molar-refractivity contribution in [2.45, 2.75) is 25.7 Å². The lowest BCUT2D eigenvalue weighted by atomic mass is 10.1. The molecule has 0 unspecified atom stereocenters.